The van der Waals surface area contributed by atoms with E-state index in [4.69, 9.17) is 11.6 Å². The Bertz CT molecular complexity index is 540. The summed E-state index contributed by atoms with van der Waals surface area (Å²) in [6.07, 6.45) is 5.07. The van der Waals surface area contributed by atoms with E-state index in [1.807, 2.05) is 30.1 Å². The first-order chi connectivity index (χ1) is 8.68. The van der Waals surface area contributed by atoms with Gasteiger partial charge in [0.05, 0.1) is 6.20 Å². The van der Waals surface area contributed by atoms with Crippen LogP contribution in [0.3, 0.4) is 0 Å². The number of aromatic nitrogens is 2. The fraction of sp³-hybridized carbons (Fsp3) is 0.357. The van der Waals surface area contributed by atoms with Gasteiger partial charge in [-0.2, -0.15) is 5.10 Å². The molecule has 0 atom stereocenters. The third kappa shape index (κ3) is 2.04. The summed E-state index contributed by atoms with van der Waals surface area (Å²) in [5.74, 6) is 0. The fourth-order valence-corrected chi connectivity index (χ4v) is 2.74. The van der Waals surface area contributed by atoms with Crippen LogP contribution in [0.5, 0.6) is 0 Å². The van der Waals surface area contributed by atoms with Gasteiger partial charge in [-0.3, -0.25) is 4.68 Å². The highest BCUT2D eigenvalue weighted by Crippen LogP contribution is 2.33. The maximum atomic E-state index is 5.96. The van der Waals surface area contributed by atoms with Gasteiger partial charge in [-0.05, 0) is 29.7 Å². The number of halogens is 1. The minimum atomic E-state index is 0.202. The molecule has 1 aromatic heterocycles. The number of nitrogens with one attached hydrogen (secondary N) is 1. The van der Waals surface area contributed by atoms with Gasteiger partial charge in [-0.15, -0.1) is 0 Å². The predicted molar refractivity (Wildman–Crippen MR) is 72.9 cm³/mol. The van der Waals surface area contributed by atoms with Gasteiger partial charge in [0.1, 0.15) is 0 Å². The molecule has 1 saturated heterocycles. The van der Waals surface area contributed by atoms with Crippen LogP contribution in [0.4, 0.5) is 0 Å². The van der Waals surface area contributed by atoms with Gasteiger partial charge in [-0.25, -0.2) is 0 Å². The Kier molecular flexibility index (Phi) is 2.88. The van der Waals surface area contributed by atoms with E-state index in [1.165, 1.54) is 11.1 Å². The van der Waals surface area contributed by atoms with Crippen molar-refractivity contribution in [1.82, 2.24) is 15.1 Å². The zero-order chi connectivity index (χ0) is 12.6. The summed E-state index contributed by atoms with van der Waals surface area (Å²) in [6, 6.07) is 8.22. The zero-order valence-corrected chi connectivity index (χ0v) is 11.1. The molecule has 0 saturated carbocycles. The molecule has 0 spiro atoms. The summed E-state index contributed by atoms with van der Waals surface area (Å²) in [5, 5.41) is 8.42. The minimum Gasteiger partial charge on any atom is -0.315 e. The molecule has 0 aliphatic carbocycles. The lowest BCUT2D eigenvalue weighted by Gasteiger charge is -2.43. The molecule has 0 bridgehead atoms. The van der Waals surface area contributed by atoms with Gasteiger partial charge >= 0.3 is 0 Å². The first-order valence-electron chi connectivity index (χ1n) is 6.12. The molecule has 0 amide bonds. The van der Waals surface area contributed by atoms with Gasteiger partial charge in [0.15, 0.2) is 0 Å². The maximum absolute atomic E-state index is 5.96. The molecule has 1 aliphatic heterocycles. The molecule has 18 heavy (non-hydrogen) atoms. The minimum absolute atomic E-state index is 0.202. The first-order valence-corrected chi connectivity index (χ1v) is 6.50. The second-order valence-corrected chi connectivity index (χ2v) is 5.53. The number of benzene rings is 1. The van der Waals surface area contributed by atoms with Crippen molar-refractivity contribution in [3.8, 4) is 0 Å². The van der Waals surface area contributed by atoms with Crippen molar-refractivity contribution in [2.45, 2.75) is 11.8 Å². The van der Waals surface area contributed by atoms with Crippen molar-refractivity contribution in [2.75, 3.05) is 13.1 Å². The normalized spacial score (nSPS) is 17.4. The van der Waals surface area contributed by atoms with Gasteiger partial charge < -0.3 is 5.32 Å². The largest absolute Gasteiger partial charge is 0.315 e. The van der Waals surface area contributed by atoms with E-state index in [9.17, 15) is 0 Å². The second-order valence-electron chi connectivity index (χ2n) is 5.09. The molecule has 1 aromatic carbocycles. The number of hydrogen-bond donors (Lipinski definition) is 1. The van der Waals surface area contributed by atoms with Crippen LogP contribution in [0.2, 0.25) is 5.02 Å². The van der Waals surface area contributed by atoms with E-state index < -0.39 is 0 Å². The smallest absolute Gasteiger partial charge is 0.0521 e. The SMILES string of the molecule is Cn1cc(CC2(c3ccc(Cl)cc3)CNC2)cn1. The summed E-state index contributed by atoms with van der Waals surface area (Å²) in [5.41, 5.74) is 2.84. The molecule has 94 valence electrons. The molecule has 3 rings (SSSR count). The summed E-state index contributed by atoms with van der Waals surface area (Å²) in [4.78, 5) is 0. The van der Waals surface area contributed by atoms with Crippen molar-refractivity contribution in [3.05, 3.63) is 52.8 Å². The Balaban J connectivity index is 1.88. The van der Waals surface area contributed by atoms with Crippen molar-refractivity contribution in [1.29, 1.82) is 0 Å². The first kappa shape index (κ1) is 11.8. The zero-order valence-electron chi connectivity index (χ0n) is 10.4. The summed E-state index contributed by atoms with van der Waals surface area (Å²) >= 11 is 5.96. The summed E-state index contributed by atoms with van der Waals surface area (Å²) in [7, 11) is 1.96. The lowest BCUT2D eigenvalue weighted by Crippen LogP contribution is -2.58. The quantitative estimate of drug-likeness (QED) is 0.918. The second kappa shape index (κ2) is 4.41. The third-order valence-electron chi connectivity index (χ3n) is 3.68. The van der Waals surface area contributed by atoms with Crippen LogP contribution in [0, 0.1) is 0 Å². The average Bonchev–Trinajstić information content (AvgIpc) is 2.71. The van der Waals surface area contributed by atoms with Crippen LogP contribution in [-0.4, -0.2) is 22.9 Å². The lowest BCUT2D eigenvalue weighted by molar-refractivity contribution is 0.274. The van der Waals surface area contributed by atoms with E-state index in [0.717, 1.165) is 24.5 Å². The van der Waals surface area contributed by atoms with E-state index >= 15 is 0 Å². The third-order valence-corrected chi connectivity index (χ3v) is 3.94. The van der Waals surface area contributed by atoms with Crippen LogP contribution < -0.4 is 5.32 Å². The Morgan fingerprint density at radius 3 is 2.56 bits per heavy atom. The van der Waals surface area contributed by atoms with Gasteiger partial charge in [0, 0.05) is 36.8 Å². The lowest BCUT2D eigenvalue weighted by atomic mass is 9.71. The van der Waals surface area contributed by atoms with Crippen LogP contribution >= 0.6 is 11.6 Å². The highest BCUT2D eigenvalue weighted by atomic mass is 35.5. The van der Waals surface area contributed by atoms with E-state index in [2.05, 4.69) is 28.7 Å². The van der Waals surface area contributed by atoms with E-state index in [0.29, 0.717) is 0 Å². The van der Waals surface area contributed by atoms with Crippen molar-refractivity contribution in [2.24, 2.45) is 7.05 Å². The molecular weight excluding hydrogens is 246 g/mol. The molecule has 4 heteroatoms. The molecule has 0 unspecified atom stereocenters. The van der Waals surface area contributed by atoms with Crippen LogP contribution in [-0.2, 0) is 18.9 Å². The van der Waals surface area contributed by atoms with E-state index in [1.54, 1.807) is 0 Å². The van der Waals surface area contributed by atoms with Crippen molar-refractivity contribution in [3.63, 3.8) is 0 Å². The summed E-state index contributed by atoms with van der Waals surface area (Å²) < 4.78 is 1.86. The summed E-state index contributed by atoms with van der Waals surface area (Å²) in [6.45, 7) is 2.03. The molecule has 2 heterocycles. The fourth-order valence-electron chi connectivity index (χ4n) is 2.62. The van der Waals surface area contributed by atoms with E-state index in [-0.39, 0.29) is 5.41 Å². The van der Waals surface area contributed by atoms with Gasteiger partial charge in [-0.1, -0.05) is 23.7 Å². The average molecular weight is 262 g/mol. The molecular formula is C14H16ClN3. The Hall–Kier alpha value is -1.32. The standard InChI is InChI=1S/C14H16ClN3/c1-18-8-11(7-17-18)6-14(9-16-10-14)12-2-4-13(15)5-3-12/h2-5,7-8,16H,6,9-10H2,1H3. The van der Waals surface area contributed by atoms with Crippen LogP contribution in [0.1, 0.15) is 11.1 Å². The monoisotopic (exact) mass is 261 g/mol. The molecule has 1 fully saturated rings. The molecule has 0 radical (unpaired) electrons. The number of nitrogens with zero attached hydrogens (tertiary/aromatic N) is 2. The predicted octanol–water partition coefficient (Wildman–Crippen LogP) is 2.16. The number of rotatable bonds is 3. The Labute approximate surface area is 112 Å². The highest BCUT2D eigenvalue weighted by molar-refractivity contribution is 6.30. The number of aryl methyl sites for hydroxylation is 1. The topological polar surface area (TPSA) is 29.9 Å². The molecule has 2 aromatic rings. The van der Waals surface area contributed by atoms with Gasteiger partial charge in [0.2, 0.25) is 0 Å². The molecule has 3 nitrogen and oxygen atoms in total. The molecule has 1 N–H and O–H groups in total. The van der Waals surface area contributed by atoms with Crippen LogP contribution in [0.15, 0.2) is 36.7 Å². The maximum Gasteiger partial charge on any atom is 0.0521 e. The van der Waals surface area contributed by atoms with Gasteiger partial charge in [0.25, 0.3) is 0 Å². The Morgan fingerprint density at radius 2 is 2.06 bits per heavy atom. The molecule has 1 aliphatic rings. The Morgan fingerprint density at radius 1 is 1.33 bits per heavy atom. The van der Waals surface area contributed by atoms with Crippen molar-refractivity contribution < 1.29 is 0 Å². The van der Waals surface area contributed by atoms with Crippen molar-refractivity contribution >= 4 is 11.6 Å². The van der Waals surface area contributed by atoms with Crippen LogP contribution in [0.25, 0.3) is 0 Å². The highest BCUT2D eigenvalue weighted by Gasteiger charge is 2.38. The number of hydrogen-bond acceptors (Lipinski definition) is 2.